The molecule has 0 spiro atoms. The van der Waals surface area contributed by atoms with E-state index in [2.05, 4.69) is 40.4 Å². The number of fused-ring (bicyclic) bond motifs is 1. The number of piperazine rings is 1. The van der Waals surface area contributed by atoms with Crippen molar-refractivity contribution in [2.75, 3.05) is 32.7 Å². The first-order valence-electron chi connectivity index (χ1n) is 10.1. The van der Waals surface area contributed by atoms with Crippen molar-refractivity contribution in [3.8, 4) is 0 Å². The van der Waals surface area contributed by atoms with Crippen molar-refractivity contribution in [1.29, 1.82) is 0 Å². The van der Waals surface area contributed by atoms with Crippen LogP contribution < -0.4 is 5.43 Å². The molecule has 2 N–H and O–H groups in total. The van der Waals surface area contributed by atoms with Crippen LogP contribution in [0.4, 0.5) is 5.69 Å². The molecule has 2 heterocycles. The third kappa shape index (κ3) is 4.34. The van der Waals surface area contributed by atoms with E-state index in [-0.39, 0.29) is 11.6 Å². The first-order chi connectivity index (χ1) is 14.5. The van der Waals surface area contributed by atoms with Crippen molar-refractivity contribution < 1.29 is 9.72 Å². The predicted molar refractivity (Wildman–Crippen MR) is 115 cm³/mol. The number of para-hydroxylation sites is 1. The van der Waals surface area contributed by atoms with Gasteiger partial charge < -0.3 is 9.88 Å². The van der Waals surface area contributed by atoms with Crippen LogP contribution >= 0.6 is 0 Å². The van der Waals surface area contributed by atoms with E-state index in [1.54, 1.807) is 0 Å². The van der Waals surface area contributed by atoms with Crippen molar-refractivity contribution in [3.05, 3.63) is 75.5 Å². The second-order valence-corrected chi connectivity index (χ2v) is 7.60. The predicted octanol–water partition coefficient (Wildman–Crippen LogP) is 2.89. The summed E-state index contributed by atoms with van der Waals surface area (Å²) in [5.41, 5.74) is 7.08. The molecule has 30 heavy (non-hydrogen) atoms. The summed E-state index contributed by atoms with van der Waals surface area (Å²) >= 11 is 0. The van der Waals surface area contributed by atoms with Gasteiger partial charge in [-0.05, 0) is 37.1 Å². The maximum atomic E-state index is 12.4. The Hall–Kier alpha value is -3.23. The number of nitrogens with one attached hydrogen (secondary N) is 2. The number of aromatic nitrogens is 1. The Kier molecular flexibility index (Phi) is 5.78. The first kappa shape index (κ1) is 20.1. The molecule has 156 valence electrons. The molecule has 0 radical (unpaired) electrons. The zero-order chi connectivity index (χ0) is 21.1. The highest BCUT2D eigenvalue weighted by Crippen LogP contribution is 2.22. The summed E-state index contributed by atoms with van der Waals surface area (Å²) in [5, 5.41) is 13.9. The molecule has 0 saturated carbocycles. The molecule has 8 heteroatoms. The fourth-order valence-electron chi connectivity index (χ4n) is 3.95. The minimum atomic E-state index is -0.474. The minimum Gasteiger partial charge on any atom is -0.358 e. The number of H-pyrrole nitrogens is 1. The molecule has 1 aliphatic heterocycles. The molecule has 1 aliphatic rings. The summed E-state index contributed by atoms with van der Waals surface area (Å²) in [6.45, 7) is 6.34. The lowest BCUT2D eigenvalue weighted by Gasteiger charge is -2.34. The molecule has 1 saturated heterocycles. The van der Waals surface area contributed by atoms with Crippen LogP contribution in [0.5, 0.6) is 0 Å². The number of carbonyl (C=O) groups is 1. The second-order valence-electron chi connectivity index (χ2n) is 7.60. The van der Waals surface area contributed by atoms with Crippen molar-refractivity contribution in [2.45, 2.75) is 13.3 Å². The Morgan fingerprint density at radius 3 is 2.50 bits per heavy atom. The Balaban J connectivity index is 1.27. The van der Waals surface area contributed by atoms with Crippen LogP contribution in [0.25, 0.3) is 10.9 Å². The van der Waals surface area contributed by atoms with Gasteiger partial charge in [-0.25, -0.2) is 5.01 Å². The van der Waals surface area contributed by atoms with Gasteiger partial charge in [-0.2, -0.15) is 0 Å². The summed E-state index contributed by atoms with van der Waals surface area (Å²) in [5.74, 6) is -0.243. The van der Waals surface area contributed by atoms with E-state index in [1.165, 1.54) is 46.4 Å². The summed E-state index contributed by atoms with van der Waals surface area (Å²) < 4.78 is 0. The molecule has 2 aromatic carbocycles. The maximum Gasteiger partial charge on any atom is 0.269 e. The van der Waals surface area contributed by atoms with Crippen molar-refractivity contribution in [3.63, 3.8) is 0 Å². The zero-order valence-electron chi connectivity index (χ0n) is 16.9. The number of hydrazine groups is 1. The first-order valence-corrected chi connectivity index (χ1v) is 10.1. The third-order valence-corrected chi connectivity index (χ3v) is 5.68. The average molecular weight is 407 g/mol. The van der Waals surface area contributed by atoms with E-state index in [0.717, 1.165) is 39.1 Å². The second kappa shape index (κ2) is 8.64. The van der Waals surface area contributed by atoms with Crippen LogP contribution in [0.3, 0.4) is 0 Å². The zero-order valence-corrected chi connectivity index (χ0v) is 16.9. The molecule has 4 rings (SSSR count). The molecule has 0 aliphatic carbocycles. The number of carbonyl (C=O) groups excluding carboxylic acids is 1. The number of benzene rings is 2. The normalized spacial score (nSPS) is 15.4. The summed E-state index contributed by atoms with van der Waals surface area (Å²) in [6.07, 6.45) is 0.991. The van der Waals surface area contributed by atoms with Gasteiger partial charge >= 0.3 is 0 Å². The van der Waals surface area contributed by atoms with Gasteiger partial charge in [0.05, 0.1) is 4.92 Å². The summed E-state index contributed by atoms with van der Waals surface area (Å²) in [4.78, 5) is 28.5. The van der Waals surface area contributed by atoms with Gasteiger partial charge in [0.2, 0.25) is 0 Å². The molecule has 0 unspecified atom stereocenters. The number of aromatic amines is 1. The van der Waals surface area contributed by atoms with E-state index in [4.69, 9.17) is 0 Å². The highest BCUT2D eigenvalue weighted by molar-refractivity contribution is 5.94. The standard InChI is InChI=1S/C22H25N5O3/c1-16-19(20-4-2-3-5-21(20)23-16)10-11-25-12-14-26(15-13-25)24-22(28)17-6-8-18(9-7-17)27(29)30/h2-9,23H,10-15H2,1H3,(H,24,28). The summed E-state index contributed by atoms with van der Waals surface area (Å²) in [7, 11) is 0. The Bertz CT molecular complexity index is 1050. The number of hydrogen-bond donors (Lipinski definition) is 2. The Morgan fingerprint density at radius 1 is 1.10 bits per heavy atom. The van der Waals surface area contributed by atoms with Crippen LogP contribution in [-0.4, -0.2) is 58.4 Å². The summed E-state index contributed by atoms with van der Waals surface area (Å²) in [6, 6.07) is 14.1. The number of amides is 1. The van der Waals surface area contributed by atoms with Gasteiger partial charge in [-0.1, -0.05) is 18.2 Å². The molecule has 8 nitrogen and oxygen atoms in total. The number of nitro groups is 1. The SMILES string of the molecule is Cc1[nH]c2ccccc2c1CCN1CCN(NC(=O)c2ccc([N+](=O)[O-])cc2)CC1. The van der Waals surface area contributed by atoms with Crippen LogP contribution in [0, 0.1) is 17.0 Å². The molecule has 0 bridgehead atoms. The fraction of sp³-hybridized carbons (Fsp3) is 0.318. The third-order valence-electron chi connectivity index (χ3n) is 5.68. The highest BCUT2D eigenvalue weighted by atomic mass is 16.6. The molecule has 0 atom stereocenters. The molecule has 1 amide bonds. The number of nitrogens with zero attached hydrogens (tertiary/aromatic N) is 3. The molecular formula is C22H25N5O3. The monoisotopic (exact) mass is 407 g/mol. The molecular weight excluding hydrogens is 382 g/mol. The van der Waals surface area contributed by atoms with E-state index >= 15 is 0 Å². The lowest BCUT2D eigenvalue weighted by molar-refractivity contribution is -0.384. The Morgan fingerprint density at radius 2 is 1.80 bits per heavy atom. The van der Waals surface area contributed by atoms with Gasteiger partial charge in [-0.3, -0.25) is 20.3 Å². The number of hydrogen-bond acceptors (Lipinski definition) is 5. The van der Waals surface area contributed by atoms with E-state index in [9.17, 15) is 14.9 Å². The lowest BCUT2D eigenvalue weighted by atomic mass is 10.1. The number of rotatable bonds is 6. The van der Waals surface area contributed by atoms with Crippen molar-refractivity contribution in [2.24, 2.45) is 0 Å². The highest BCUT2D eigenvalue weighted by Gasteiger charge is 2.20. The van der Waals surface area contributed by atoms with Crippen LogP contribution in [-0.2, 0) is 6.42 Å². The van der Waals surface area contributed by atoms with E-state index in [0.29, 0.717) is 5.56 Å². The average Bonchev–Trinajstić information content (AvgIpc) is 3.08. The largest absolute Gasteiger partial charge is 0.358 e. The van der Waals surface area contributed by atoms with Gasteiger partial charge in [0, 0.05) is 67.0 Å². The van der Waals surface area contributed by atoms with Gasteiger partial charge in [0.1, 0.15) is 0 Å². The Labute approximate surface area is 174 Å². The molecule has 1 aromatic heterocycles. The van der Waals surface area contributed by atoms with Crippen molar-refractivity contribution >= 4 is 22.5 Å². The fourth-order valence-corrected chi connectivity index (χ4v) is 3.95. The minimum absolute atomic E-state index is 0.0226. The van der Waals surface area contributed by atoms with Crippen molar-refractivity contribution in [1.82, 2.24) is 20.3 Å². The molecule has 1 fully saturated rings. The van der Waals surface area contributed by atoms with Crippen LogP contribution in [0.2, 0.25) is 0 Å². The number of aryl methyl sites for hydroxylation is 1. The molecule has 3 aromatic rings. The number of nitro benzene ring substituents is 1. The van der Waals surface area contributed by atoms with Crippen LogP contribution in [0.15, 0.2) is 48.5 Å². The van der Waals surface area contributed by atoms with E-state index < -0.39 is 4.92 Å². The van der Waals surface area contributed by atoms with Gasteiger partial charge in [0.15, 0.2) is 0 Å². The van der Waals surface area contributed by atoms with Crippen LogP contribution in [0.1, 0.15) is 21.6 Å². The quantitative estimate of drug-likeness (QED) is 0.484. The van der Waals surface area contributed by atoms with Gasteiger partial charge in [0.25, 0.3) is 11.6 Å². The topological polar surface area (TPSA) is 94.5 Å². The van der Waals surface area contributed by atoms with E-state index in [1.807, 2.05) is 11.1 Å². The lowest BCUT2D eigenvalue weighted by Crippen LogP contribution is -2.53. The maximum absolute atomic E-state index is 12.4. The number of non-ortho nitro benzene ring substituents is 1. The van der Waals surface area contributed by atoms with Gasteiger partial charge in [-0.15, -0.1) is 0 Å². The smallest absolute Gasteiger partial charge is 0.269 e.